The molecule has 7 aromatic rings. The maximum atomic E-state index is 4.96. The maximum Gasteiger partial charge on any atom is 0.0746 e. The quantitative estimate of drug-likeness (QED) is 0.198. The number of hydrogen-bond acceptors (Lipinski definition) is 2. The van der Waals surface area contributed by atoms with Crippen LogP contribution in [0.25, 0.3) is 66.8 Å². The van der Waals surface area contributed by atoms with E-state index >= 15 is 0 Å². The molecule has 0 aliphatic heterocycles. The Balaban J connectivity index is 1.05. The zero-order valence-corrected chi connectivity index (χ0v) is 26.7. The van der Waals surface area contributed by atoms with Crippen molar-refractivity contribution in [3.8, 4) is 33.5 Å². The van der Waals surface area contributed by atoms with E-state index in [0.29, 0.717) is 0 Å². The minimum absolute atomic E-state index is 0.970. The first kappa shape index (κ1) is 28.4. The van der Waals surface area contributed by atoms with Gasteiger partial charge in [-0.1, -0.05) is 134 Å². The summed E-state index contributed by atoms with van der Waals surface area (Å²) in [5.74, 6) is 0. The van der Waals surface area contributed by atoms with E-state index in [1.54, 1.807) is 0 Å². The molecule has 0 amide bonds. The predicted octanol–water partition coefficient (Wildman–Crippen LogP) is 11.7. The highest BCUT2D eigenvalue weighted by molar-refractivity contribution is 6.05. The summed E-state index contributed by atoms with van der Waals surface area (Å²) in [5, 5.41) is 3.75. The van der Waals surface area contributed by atoms with Crippen LogP contribution in [0.4, 0.5) is 0 Å². The Bertz CT molecular complexity index is 2430. The summed E-state index contributed by atoms with van der Waals surface area (Å²) in [5.41, 5.74) is 15.9. The number of rotatable bonds is 3. The Morgan fingerprint density at radius 2 is 1.40 bits per heavy atom. The molecule has 2 heteroatoms. The highest BCUT2D eigenvalue weighted by Gasteiger charge is 2.19. The van der Waals surface area contributed by atoms with Crippen LogP contribution in [0.2, 0.25) is 0 Å². The van der Waals surface area contributed by atoms with Crippen molar-refractivity contribution in [2.75, 3.05) is 0 Å². The van der Waals surface area contributed by atoms with E-state index in [1.165, 1.54) is 66.2 Å². The number of aromatic nitrogens is 2. The number of aryl methyl sites for hydroxylation is 2. The SMILES string of the molecule is C1=CCCc2c(ccc3c(-c4ccc(-c5ccc(/C6=C/CCc7ccccc7-c7c6ccc6ccccc76)cc5)nc4)ccnc23)C=C1. The Kier molecular flexibility index (Phi) is 7.13. The van der Waals surface area contributed by atoms with E-state index in [0.717, 1.165) is 48.0 Å². The molecular formula is C46H34N2. The Labute approximate surface area is 281 Å². The van der Waals surface area contributed by atoms with Gasteiger partial charge >= 0.3 is 0 Å². The molecule has 0 bridgehead atoms. The lowest BCUT2D eigenvalue weighted by Crippen LogP contribution is -2.00. The summed E-state index contributed by atoms with van der Waals surface area (Å²) in [6.07, 6.45) is 19.1. The second-order valence-electron chi connectivity index (χ2n) is 12.7. The number of nitrogens with zero attached hydrogens (tertiary/aromatic N) is 2. The molecule has 0 atom stereocenters. The summed E-state index contributed by atoms with van der Waals surface area (Å²) in [6.45, 7) is 0. The fourth-order valence-electron chi connectivity index (χ4n) is 7.59. The van der Waals surface area contributed by atoms with E-state index in [-0.39, 0.29) is 0 Å². The van der Waals surface area contributed by atoms with Gasteiger partial charge in [0.15, 0.2) is 0 Å². The minimum Gasteiger partial charge on any atom is -0.256 e. The zero-order valence-electron chi connectivity index (χ0n) is 26.7. The van der Waals surface area contributed by atoms with Gasteiger partial charge in [0.1, 0.15) is 0 Å². The molecule has 2 heterocycles. The lowest BCUT2D eigenvalue weighted by molar-refractivity contribution is 1.00. The van der Waals surface area contributed by atoms with Crippen molar-refractivity contribution in [2.24, 2.45) is 0 Å². The van der Waals surface area contributed by atoms with Gasteiger partial charge < -0.3 is 0 Å². The smallest absolute Gasteiger partial charge is 0.0746 e. The largest absolute Gasteiger partial charge is 0.256 e. The molecule has 48 heavy (non-hydrogen) atoms. The molecule has 2 aromatic heterocycles. The van der Waals surface area contributed by atoms with Crippen LogP contribution < -0.4 is 0 Å². The molecule has 0 saturated heterocycles. The molecule has 9 rings (SSSR count). The fraction of sp³-hybridized carbons (Fsp3) is 0.0870. The lowest BCUT2D eigenvalue weighted by atomic mass is 9.82. The van der Waals surface area contributed by atoms with E-state index in [4.69, 9.17) is 9.97 Å². The van der Waals surface area contributed by atoms with Gasteiger partial charge in [-0.05, 0) is 98.7 Å². The van der Waals surface area contributed by atoms with Crippen molar-refractivity contribution in [3.63, 3.8) is 0 Å². The number of fused-ring (bicyclic) bond motifs is 8. The van der Waals surface area contributed by atoms with E-state index in [1.807, 2.05) is 12.4 Å². The summed E-state index contributed by atoms with van der Waals surface area (Å²) < 4.78 is 0. The molecule has 2 aliphatic carbocycles. The van der Waals surface area contributed by atoms with Gasteiger partial charge in [-0.2, -0.15) is 0 Å². The van der Waals surface area contributed by atoms with Crippen molar-refractivity contribution in [3.05, 3.63) is 180 Å². The van der Waals surface area contributed by atoms with Gasteiger partial charge in [0.05, 0.1) is 11.2 Å². The number of allylic oxidation sites excluding steroid dienone is 4. The van der Waals surface area contributed by atoms with Gasteiger partial charge in [0.2, 0.25) is 0 Å². The molecule has 0 fully saturated rings. The van der Waals surface area contributed by atoms with Crippen LogP contribution in [0.15, 0.2) is 152 Å². The number of pyridine rings is 2. The third kappa shape index (κ3) is 4.98. The average molecular weight is 615 g/mol. The Hall–Kier alpha value is -5.86. The van der Waals surface area contributed by atoms with Crippen molar-refractivity contribution < 1.29 is 0 Å². The first-order valence-corrected chi connectivity index (χ1v) is 16.9. The molecule has 0 saturated carbocycles. The number of hydrogen-bond donors (Lipinski definition) is 0. The van der Waals surface area contributed by atoms with Gasteiger partial charge in [0, 0.05) is 28.9 Å². The Morgan fingerprint density at radius 1 is 0.542 bits per heavy atom. The number of benzene rings is 5. The highest BCUT2D eigenvalue weighted by atomic mass is 14.7. The second-order valence-corrected chi connectivity index (χ2v) is 12.7. The Morgan fingerprint density at radius 3 is 2.31 bits per heavy atom. The molecule has 2 nitrogen and oxygen atoms in total. The predicted molar refractivity (Wildman–Crippen MR) is 202 cm³/mol. The third-order valence-corrected chi connectivity index (χ3v) is 9.97. The summed E-state index contributed by atoms with van der Waals surface area (Å²) in [7, 11) is 0. The molecule has 0 radical (unpaired) electrons. The molecule has 2 aliphatic rings. The van der Waals surface area contributed by atoms with Crippen molar-refractivity contribution >= 4 is 33.3 Å². The van der Waals surface area contributed by atoms with Gasteiger partial charge in [-0.25, -0.2) is 0 Å². The van der Waals surface area contributed by atoms with Crippen molar-refractivity contribution in [1.82, 2.24) is 9.97 Å². The van der Waals surface area contributed by atoms with Crippen molar-refractivity contribution in [2.45, 2.75) is 25.7 Å². The monoisotopic (exact) mass is 614 g/mol. The standard InChI is InChI=1S/C46H34N2/c1-2-4-16-41-33(10-3-1)23-26-43-38(28-29-47-46(41)43)36-24-27-44(48-30-36)35-20-18-34(19-21-35)37-17-9-13-31-11-5-7-14-39(31)45-40-15-8-6-12-32(40)22-25-42(37)45/h1-3,5-8,10-12,14-15,17-30H,4,9,13,16H2/b2-1?,10-3?,37-17-. The first-order chi connectivity index (χ1) is 23.8. The van der Waals surface area contributed by atoms with Crippen LogP contribution in [-0.2, 0) is 12.8 Å². The zero-order chi connectivity index (χ0) is 31.9. The summed E-state index contributed by atoms with van der Waals surface area (Å²) in [6, 6.07) is 42.1. The third-order valence-electron chi connectivity index (χ3n) is 9.97. The van der Waals surface area contributed by atoms with Crippen molar-refractivity contribution in [1.29, 1.82) is 0 Å². The topological polar surface area (TPSA) is 25.8 Å². The second kappa shape index (κ2) is 12.1. The van der Waals surface area contributed by atoms with E-state index in [2.05, 4.69) is 146 Å². The highest BCUT2D eigenvalue weighted by Crippen LogP contribution is 2.42. The molecule has 228 valence electrons. The fourth-order valence-corrected chi connectivity index (χ4v) is 7.59. The molecule has 5 aromatic carbocycles. The molecule has 0 unspecified atom stereocenters. The summed E-state index contributed by atoms with van der Waals surface area (Å²) in [4.78, 5) is 9.79. The first-order valence-electron chi connectivity index (χ1n) is 16.9. The van der Waals surface area contributed by atoms with Crippen LogP contribution >= 0.6 is 0 Å². The average Bonchev–Trinajstić information content (AvgIpc) is 3.12. The van der Waals surface area contributed by atoms with Crippen LogP contribution in [0.1, 0.15) is 40.7 Å². The van der Waals surface area contributed by atoms with E-state index in [9.17, 15) is 0 Å². The lowest BCUT2D eigenvalue weighted by Gasteiger charge is -2.21. The van der Waals surface area contributed by atoms with Gasteiger partial charge in [-0.15, -0.1) is 0 Å². The normalized spacial score (nSPS) is 15.0. The molecule has 0 N–H and O–H groups in total. The minimum atomic E-state index is 0.970. The van der Waals surface area contributed by atoms with Gasteiger partial charge in [-0.3, -0.25) is 9.97 Å². The van der Waals surface area contributed by atoms with Crippen LogP contribution in [0, 0.1) is 0 Å². The van der Waals surface area contributed by atoms with Crippen LogP contribution in [-0.4, -0.2) is 9.97 Å². The molecule has 0 spiro atoms. The van der Waals surface area contributed by atoms with Gasteiger partial charge in [0.25, 0.3) is 0 Å². The molecular weight excluding hydrogens is 581 g/mol. The van der Waals surface area contributed by atoms with Crippen LogP contribution in [0.3, 0.4) is 0 Å². The van der Waals surface area contributed by atoms with Crippen LogP contribution in [0.5, 0.6) is 0 Å². The summed E-state index contributed by atoms with van der Waals surface area (Å²) >= 11 is 0. The maximum absolute atomic E-state index is 4.96. The van der Waals surface area contributed by atoms with E-state index < -0.39 is 0 Å².